The first-order valence-electron chi connectivity index (χ1n) is 11.3. The lowest BCUT2D eigenvalue weighted by Gasteiger charge is -2.13. The lowest BCUT2D eigenvalue weighted by atomic mass is 10.1. The third kappa shape index (κ3) is 5.18. The number of fused-ring (bicyclic) bond motifs is 1. The van der Waals surface area contributed by atoms with Crippen LogP contribution in [0, 0.1) is 11.3 Å². The fourth-order valence-corrected chi connectivity index (χ4v) is 6.06. The Labute approximate surface area is 208 Å². The molecule has 0 atom stereocenters. The van der Waals surface area contributed by atoms with Crippen molar-refractivity contribution in [3.8, 4) is 17.5 Å². The Hall–Kier alpha value is -3.09. The van der Waals surface area contributed by atoms with E-state index in [1.807, 2.05) is 47.8 Å². The van der Waals surface area contributed by atoms with Crippen LogP contribution in [0.25, 0.3) is 11.4 Å². The quantitative estimate of drug-likeness (QED) is 0.266. The summed E-state index contributed by atoms with van der Waals surface area (Å²) in [4.78, 5) is 16.1. The van der Waals surface area contributed by atoms with Gasteiger partial charge in [-0.3, -0.25) is 9.36 Å². The Morgan fingerprint density at radius 2 is 2.03 bits per heavy atom. The number of carbonyl (C=O) groups excluding carboxylic acids is 1. The number of benzene rings is 1. The van der Waals surface area contributed by atoms with E-state index < -0.39 is 0 Å². The van der Waals surface area contributed by atoms with Crippen molar-refractivity contribution in [2.24, 2.45) is 0 Å². The molecule has 1 N–H and O–H groups in total. The van der Waals surface area contributed by atoms with Crippen LogP contribution in [0.5, 0.6) is 0 Å². The molecule has 1 amide bonds. The van der Waals surface area contributed by atoms with E-state index in [4.69, 9.17) is 0 Å². The number of nitriles is 1. The Balaban J connectivity index is 1.47. The minimum absolute atomic E-state index is 0.150. The van der Waals surface area contributed by atoms with Crippen LogP contribution in [0.15, 0.2) is 42.1 Å². The van der Waals surface area contributed by atoms with Crippen molar-refractivity contribution in [1.29, 1.82) is 5.26 Å². The highest BCUT2D eigenvalue weighted by atomic mass is 32.2. The minimum Gasteiger partial charge on any atom is -0.378 e. The van der Waals surface area contributed by atoms with E-state index in [0.717, 1.165) is 48.3 Å². The summed E-state index contributed by atoms with van der Waals surface area (Å²) in [6, 6.07) is 10.4. The van der Waals surface area contributed by atoms with Crippen LogP contribution in [0.2, 0.25) is 0 Å². The first-order chi connectivity index (χ1) is 16.5. The van der Waals surface area contributed by atoms with Crippen LogP contribution >= 0.6 is 23.1 Å². The Morgan fingerprint density at radius 3 is 2.74 bits per heavy atom. The number of thiophene rings is 1. The molecule has 2 aromatic heterocycles. The molecule has 0 saturated heterocycles. The zero-order valence-corrected chi connectivity index (χ0v) is 21.1. The second kappa shape index (κ2) is 10.9. The van der Waals surface area contributed by atoms with E-state index in [2.05, 4.69) is 28.2 Å². The molecular formula is C25H28N6OS2. The van der Waals surface area contributed by atoms with Gasteiger partial charge in [-0.2, -0.15) is 5.26 Å². The maximum Gasteiger partial charge on any atom is 0.235 e. The van der Waals surface area contributed by atoms with Crippen molar-refractivity contribution in [3.63, 3.8) is 0 Å². The van der Waals surface area contributed by atoms with Gasteiger partial charge in [-0.15, -0.1) is 28.1 Å². The summed E-state index contributed by atoms with van der Waals surface area (Å²) in [5, 5.41) is 22.7. The van der Waals surface area contributed by atoms with Crippen LogP contribution in [-0.2, 0) is 24.2 Å². The van der Waals surface area contributed by atoms with E-state index in [1.165, 1.54) is 23.1 Å². The molecule has 3 aromatic rings. The van der Waals surface area contributed by atoms with Gasteiger partial charge in [0.1, 0.15) is 11.1 Å². The minimum atomic E-state index is -0.150. The monoisotopic (exact) mass is 492 g/mol. The number of thioether (sulfide) groups is 1. The summed E-state index contributed by atoms with van der Waals surface area (Å²) in [6.45, 7) is 4.40. The number of aromatic nitrogens is 3. The van der Waals surface area contributed by atoms with Crippen LogP contribution in [0.3, 0.4) is 0 Å². The van der Waals surface area contributed by atoms with E-state index >= 15 is 0 Å². The third-order valence-electron chi connectivity index (χ3n) is 5.79. The SMILES string of the molecule is C=CCn1c(SCC(=O)Nc2sc3c(c2C#N)CCCCC3)nnc1-c1ccc(N(C)C)cc1. The number of anilines is 2. The summed E-state index contributed by atoms with van der Waals surface area (Å²) >= 11 is 2.88. The Kier molecular flexibility index (Phi) is 7.70. The molecule has 7 nitrogen and oxygen atoms in total. The number of amides is 1. The van der Waals surface area contributed by atoms with Crippen LogP contribution in [0.1, 0.15) is 35.3 Å². The van der Waals surface area contributed by atoms with Crippen molar-refractivity contribution in [1.82, 2.24) is 14.8 Å². The van der Waals surface area contributed by atoms with E-state index in [9.17, 15) is 10.1 Å². The van der Waals surface area contributed by atoms with Gasteiger partial charge < -0.3 is 10.2 Å². The number of allylic oxidation sites excluding steroid dienone is 1. The van der Waals surface area contributed by atoms with E-state index in [-0.39, 0.29) is 11.7 Å². The smallest absolute Gasteiger partial charge is 0.235 e. The Bertz CT molecular complexity index is 1220. The molecule has 1 aliphatic carbocycles. The molecule has 4 rings (SSSR count). The highest BCUT2D eigenvalue weighted by Crippen LogP contribution is 2.37. The van der Waals surface area contributed by atoms with Gasteiger partial charge in [0.05, 0.1) is 11.3 Å². The van der Waals surface area contributed by atoms with Gasteiger partial charge in [0, 0.05) is 36.8 Å². The molecule has 0 aliphatic heterocycles. The molecule has 0 spiro atoms. The highest BCUT2D eigenvalue weighted by Gasteiger charge is 2.21. The van der Waals surface area contributed by atoms with E-state index in [0.29, 0.717) is 22.3 Å². The van der Waals surface area contributed by atoms with Gasteiger partial charge in [-0.1, -0.05) is 24.3 Å². The number of hydrogen-bond donors (Lipinski definition) is 1. The van der Waals surface area contributed by atoms with Gasteiger partial charge in [0.15, 0.2) is 11.0 Å². The maximum atomic E-state index is 12.8. The second-order valence-electron chi connectivity index (χ2n) is 8.36. The predicted molar refractivity (Wildman–Crippen MR) is 140 cm³/mol. The topological polar surface area (TPSA) is 86.8 Å². The first kappa shape index (κ1) is 24.0. The second-order valence-corrected chi connectivity index (χ2v) is 10.4. The summed E-state index contributed by atoms with van der Waals surface area (Å²) < 4.78 is 1.96. The lowest BCUT2D eigenvalue weighted by Crippen LogP contribution is -2.14. The molecule has 0 saturated carbocycles. The average molecular weight is 493 g/mol. The lowest BCUT2D eigenvalue weighted by molar-refractivity contribution is -0.113. The van der Waals surface area contributed by atoms with Crippen LogP contribution in [0.4, 0.5) is 10.7 Å². The largest absolute Gasteiger partial charge is 0.378 e. The fraction of sp³-hybridized carbons (Fsp3) is 0.360. The van der Waals surface area contributed by atoms with E-state index in [1.54, 1.807) is 17.4 Å². The van der Waals surface area contributed by atoms with Gasteiger partial charge in [-0.25, -0.2) is 0 Å². The standard InChI is InChI=1S/C25H28N6OS2/c1-4-14-31-23(17-10-12-18(13-11-17)30(2)3)28-29-25(31)33-16-22(32)27-24-20(15-26)19-8-6-5-7-9-21(19)34-24/h4,10-13H,1,5-9,14,16H2,2-3H3,(H,27,32). The maximum absolute atomic E-state index is 12.8. The summed E-state index contributed by atoms with van der Waals surface area (Å²) in [7, 11) is 4.00. The zero-order chi connectivity index (χ0) is 24.1. The third-order valence-corrected chi connectivity index (χ3v) is 7.96. The fourth-order valence-electron chi connectivity index (χ4n) is 4.05. The molecule has 0 fully saturated rings. The first-order valence-corrected chi connectivity index (χ1v) is 13.1. The van der Waals surface area contributed by atoms with Crippen molar-refractivity contribution >= 4 is 39.7 Å². The van der Waals surface area contributed by atoms with Crippen molar-refractivity contribution in [3.05, 3.63) is 52.9 Å². The van der Waals surface area contributed by atoms with Gasteiger partial charge in [-0.05, 0) is 55.5 Å². The molecule has 0 radical (unpaired) electrons. The zero-order valence-electron chi connectivity index (χ0n) is 19.5. The molecule has 2 heterocycles. The molecule has 34 heavy (non-hydrogen) atoms. The van der Waals surface area contributed by atoms with Gasteiger partial charge in [0.2, 0.25) is 5.91 Å². The van der Waals surface area contributed by atoms with Crippen LogP contribution in [-0.4, -0.2) is 40.5 Å². The van der Waals surface area contributed by atoms with Gasteiger partial charge >= 0.3 is 0 Å². The van der Waals surface area contributed by atoms with Crippen molar-refractivity contribution in [2.75, 3.05) is 30.1 Å². The predicted octanol–water partition coefficient (Wildman–Crippen LogP) is 5.13. The number of nitrogens with one attached hydrogen (secondary N) is 1. The number of hydrogen-bond acceptors (Lipinski definition) is 7. The molecule has 0 bridgehead atoms. The molecule has 0 unspecified atom stereocenters. The van der Waals surface area contributed by atoms with Crippen LogP contribution < -0.4 is 10.2 Å². The number of nitrogens with zero attached hydrogens (tertiary/aromatic N) is 5. The molecular weight excluding hydrogens is 464 g/mol. The van der Waals surface area contributed by atoms with Crippen molar-refractivity contribution < 1.29 is 4.79 Å². The highest BCUT2D eigenvalue weighted by molar-refractivity contribution is 7.99. The summed E-state index contributed by atoms with van der Waals surface area (Å²) in [6.07, 6.45) is 7.13. The summed E-state index contributed by atoms with van der Waals surface area (Å²) in [5.74, 6) is 0.771. The number of carbonyl (C=O) groups is 1. The molecule has 1 aromatic carbocycles. The summed E-state index contributed by atoms with van der Waals surface area (Å²) in [5.41, 5.74) is 3.82. The average Bonchev–Trinajstić information content (AvgIpc) is 3.29. The normalized spacial score (nSPS) is 13.0. The van der Waals surface area contributed by atoms with Crippen molar-refractivity contribution in [2.45, 2.75) is 43.8 Å². The number of aryl methyl sites for hydroxylation is 1. The van der Waals surface area contributed by atoms with Gasteiger partial charge in [0.25, 0.3) is 0 Å². The molecule has 1 aliphatic rings. The number of rotatable bonds is 8. The molecule has 176 valence electrons. The Morgan fingerprint density at radius 1 is 1.26 bits per heavy atom. The molecule has 9 heteroatoms.